The number of rotatable bonds is 3. The molecule has 0 saturated carbocycles. The maximum Gasteiger partial charge on any atom is 0.412 e. The molecule has 3 rings (SSSR count). The molecule has 0 fully saturated rings. The van der Waals surface area contributed by atoms with Gasteiger partial charge in [-0.1, -0.05) is 41.9 Å². The molecule has 0 spiro atoms. The lowest BCUT2D eigenvalue weighted by atomic mass is 10.2. The van der Waals surface area contributed by atoms with Crippen LogP contribution in [0.2, 0.25) is 5.15 Å². The van der Waals surface area contributed by atoms with Crippen molar-refractivity contribution >= 4 is 29.0 Å². The van der Waals surface area contributed by atoms with E-state index in [2.05, 4.69) is 20.6 Å². The first-order valence-electron chi connectivity index (χ1n) is 6.06. The van der Waals surface area contributed by atoms with Gasteiger partial charge in [-0.3, -0.25) is 5.32 Å². The zero-order valence-corrected chi connectivity index (χ0v) is 11.5. The Hall–Kier alpha value is -2.67. The molecule has 21 heavy (non-hydrogen) atoms. The van der Waals surface area contributed by atoms with Gasteiger partial charge in [-0.15, -0.1) is 10.2 Å². The van der Waals surface area contributed by atoms with Gasteiger partial charge in [0.05, 0.1) is 5.69 Å². The molecule has 1 aromatic carbocycles. The molecule has 0 radical (unpaired) electrons. The Morgan fingerprint density at radius 3 is 2.95 bits per heavy atom. The van der Waals surface area contributed by atoms with Crippen molar-refractivity contribution in [1.82, 2.24) is 19.8 Å². The van der Waals surface area contributed by atoms with Gasteiger partial charge in [-0.2, -0.15) is 9.61 Å². The van der Waals surface area contributed by atoms with E-state index in [0.717, 1.165) is 5.56 Å². The van der Waals surface area contributed by atoms with Gasteiger partial charge in [-0.05, 0) is 5.56 Å². The van der Waals surface area contributed by atoms with Crippen LogP contribution in [-0.4, -0.2) is 25.9 Å². The smallest absolute Gasteiger partial charge is 0.412 e. The summed E-state index contributed by atoms with van der Waals surface area (Å²) in [6.07, 6.45) is 0.785. The molecule has 1 amide bonds. The van der Waals surface area contributed by atoms with Gasteiger partial charge >= 0.3 is 6.09 Å². The molecule has 106 valence electrons. The quantitative estimate of drug-likeness (QED) is 0.804. The van der Waals surface area contributed by atoms with Crippen LogP contribution in [0.15, 0.2) is 42.7 Å². The summed E-state index contributed by atoms with van der Waals surface area (Å²) in [6.45, 7) is 0.175. The molecule has 0 saturated heterocycles. The monoisotopic (exact) mass is 303 g/mol. The van der Waals surface area contributed by atoms with Crippen LogP contribution in [0.1, 0.15) is 5.56 Å². The van der Waals surface area contributed by atoms with Gasteiger partial charge in [0.1, 0.15) is 12.9 Å². The summed E-state index contributed by atoms with van der Waals surface area (Å²) < 4.78 is 6.50. The highest BCUT2D eigenvalue weighted by molar-refractivity contribution is 6.29. The minimum Gasteiger partial charge on any atom is -0.444 e. The minimum absolute atomic E-state index is 0.175. The van der Waals surface area contributed by atoms with E-state index in [1.54, 1.807) is 0 Å². The van der Waals surface area contributed by atoms with Crippen molar-refractivity contribution in [3.63, 3.8) is 0 Å². The lowest BCUT2D eigenvalue weighted by molar-refractivity contribution is 0.155. The number of carbonyl (C=O) groups excluding carboxylic acids is 1. The van der Waals surface area contributed by atoms with E-state index < -0.39 is 6.09 Å². The maximum atomic E-state index is 11.8. The van der Waals surface area contributed by atoms with Crippen LogP contribution in [0.5, 0.6) is 0 Å². The van der Waals surface area contributed by atoms with Crippen molar-refractivity contribution in [2.45, 2.75) is 6.61 Å². The predicted octanol–water partition coefficient (Wildman–Crippen LogP) is 2.53. The number of anilines is 1. The summed E-state index contributed by atoms with van der Waals surface area (Å²) >= 11 is 5.86. The average molecular weight is 304 g/mol. The van der Waals surface area contributed by atoms with E-state index in [1.165, 1.54) is 16.9 Å². The first kappa shape index (κ1) is 13.3. The Kier molecular flexibility index (Phi) is 3.65. The Balaban J connectivity index is 1.70. The number of amides is 1. The summed E-state index contributed by atoms with van der Waals surface area (Å²) in [7, 11) is 0. The number of ether oxygens (including phenoxy) is 1. The van der Waals surface area contributed by atoms with Crippen LogP contribution in [0.25, 0.3) is 5.65 Å². The number of nitrogens with zero attached hydrogens (tertiary/aromatic N) is 4. The molecule has 7 nitrogen and oxygen atoms in total. The van der Waals surface area contributed by atoms with E-state index in [1.807, 2.05) is 30.3 Å². The second-order valence-electron chi connectivity index (χ2n) is 4.17. The molecular formula is C13H10ClN5O2. The highest BCUT2D eigenvalue weighted by Gasteiger charge is 2.11. The summed E-state index contributed by atoms with van der Waals surface area (Å²) in [5, 5.41) is 14.3. The molecule has 0 bridgehead atoms. The van der Waals surface area contributed by atoms with Gasteiger partial charge in [0.25, 0.3) is 0 Å². The van der Waals surface area contributed by atoms with Crippen LogP contribution < -0.4 is 5.32 Å². The van der Waals surface area contributed by atoms with E-state index in [4.69, 9.17) is 16.3 Å². The molecule has 0 atom stereocenters. The van der Waals surface area contributed by atoms with Crippen molar-refractivity contribution in [3.05, 3.63) is 53.4 Å². The van der Waals surface area contributed by atoms with Crippen molar-refractivity contribution in [2.75, 3.05) is 5.32 Å². The van der Waals surface area contributed by atoms with Crippen LogP contribution >= 0.6 is 11.6 Å². The van der Waals surface area contributed by atoms with Crippen molar-refractivity contribution in [1.29, 1.82) is 0 Å². The molecule has 1 N–H and O–H groups in total. The second-order valence-corrected chi connectivity index (χ2v) is 4.55. The van der Waals surface area contributed by atoms with Gasteiger partial charge in [-0.25, -0.2) is 4.79 Å². The Labute approximate surface area is 124 Å². The summed E-state index contributed by atoms with van der Waals surface area (Å²) in [4.78, 5) is 11.8. The number of carbonyl (C=O) groups is 1. The number of hydrogen-bond donors (Lipinski definition) is 1. The van der Waals surface area contributed by atoms with Gasteiger partial charge in [0.15, 0.2) is 5.15 Å². The van der Waals surface area contributed by atoms with Gasteiger partial charge in [0, 0.05) is 6.07 Å². The molecule has 8 heteroatoms. The predicted molar refractivity (Wildman–Crippen MR) is 76.0 cm³/mol. The first-order chi connectivity index (χ1) is 10.2. The van der Waals surface area contributed by atoms with E-state index in [-0.39, 0.29) is 11.8 Å². The normalized spacial score (nSPS) is 10.5. The molecule has 2 heterocycles. The zero-order chi connectivity index (χ0) is 14.7. The second kappa shape index (κ2) is 5.76. The molecular weight excluding hydrogens is 294 g/mol. The molecule has 3 aromatic rings. The van der Waals surface area contributed by atoms with Crippen LogP contribution in [0.3, 0.4) is 0 Å². The van der Waals surface area contributed by atoms with E-state index in [0.29, 0.717) is 11.3 Å². The Morgan fingerprint density at radius 1 is 1.33 bits per heavy atom. The number of nitrogens with one attached hydrogen (secondary N) is 1. The highest BCUT2D eigenvalue weighted by Crippen LogP contribution is 2.18. The van der Waals surface area contributed by atoms with Gasteiger partial charge in [0.2, 0.25) is 5.65 Å². The zero-order valence-electron chi connectivity index (χ0n) is 10.7. The fourth-order valence-electron chi connectivity index (χ4n) is 1.76. The lowest BCUT2D eigenvalue weighted by Crippen LogP contribution is -2.14. The largest absolute Gasteiger partial charge is 0.444 e. The number of aromatic nitrogens is 4. The van der Waals surface area contributed by atoms with E-state index in [9.17, 15) is 4.79 Å². The lowest BCUT2D eigenvalue weighted by Gasteiger charge is -2.07. The number of hydrogen-bond acceptors (Lipinski definition) is 5. The topological polar surface area (TPSA) is 81.4 Å². The fourth-order valence-corrected chi connectivity index (χ4v) is 1.95. The number of benzene rings is 1. The minimum atomic E-state index is -0.606. The Morgan fingerprint density at radius 2 is 2.14 bits per heavy atom. The maximum absolute atomic E-state index is 11.8. The van der Waals surface area contributed by atoms with Crippen LogP contribution in [-0.2, 0) is 11.3 Å². The van der Waals surface area contributed by atoms with E-state index >= 15 is 0 Å². The molecule has 0 aliphatic heterocycles. The van der Waals surface area contributed by atoms with Crippen molar-refractivity contribution in [2.24, 2.45) is 0 Å². The third-order valence-electron chi connectivity index (χ3n) is 2.69. The van der Waals surface area contributed by atoms with Crippen molar-refractivity contribution in [3.8, 4) is 0 Å². The molecule has 0 aliphatic carbocycles. The third kappa shape index (κ3) is 3.09. The standard InChI is InChI=1S/C13H10ClN5O2/c14-11-6-10(12-17-15-8-19(12)18-11)16-13(20)21-7-9-4-2-1-3-5-9/h1-6,8H,7H2,(H,16,20). The fraction of sp³-hybridized carbons (Fsp3) is 0.0769. The first-order valence-corrected chi connectivity index (χ1v) is 6.44. The SMILES string of the molecule is O=C(Nc1cc(Cl)nn2cnnc12)OCc1ccccc1. The number of halogens is 1. The molecule has 0 aliphatic rings. The summed E-state index contributed by atoms with van der Waals surface area (Å²) in [5.74, 6) is 0. The van der Waals surface area contributed by atoms with Crippen LogP contribution in [0.4, 0.5) is 10.5 Å². The number of fused-ring (bicyclic) bond motifs is 1. The average Bonchev–Trinajstić information content (AvgIpc) is 2.94. The van der Waals surface area contributed by atoms with Gasteiger partial charge < -0.3 is 4.74 Å². The molecule has 2 aromatic heterocycles. The van der Waals surface area contributed by atoms with Crippen molar-refractivity contribution < 1.29 is 9.53 Å². The summed E-state index contributed by atoms with van der Waals surface area (Å²) in [5.41, 5.74) is 1.66. The summed E-state index contributed by atoms with van der Waals surface area (Å²) in [6, 6.07) is 10.9. The highest BCUT2D eigenvalue weighted by atomic mass is 35.5. The molecule has 0 unspecified atom stereocenters. The van der Waals surface area contributed by atoms with Crippen LogP contribution in [0, 0.1) is 0 Å². The third-order valence-corrected chi connectivity index (χ3v) is 2.87. The Bertz CT molecular complexity index is 775.